The minimum atomic E-state index is -0.496. The van der Waals surface area contributed by atoms with Crippen LogP contribution in [0.2, 0.25) is 0 Å². The lowest BCUT2D eigenvalue weighted by Gasteiger charge is -2.27. The molecule has 208 valence electrons. The molecule has 0 saturated heterocycles. The Kier molecular flexibility index (Phi) is 15.8. The van der Waals surface area contributed by atoms with Crippen LogP contribution in [0, 0.1) is 6.92 Å². The van der Waals surface area contributed by atoms with E-state index in [1.54, 1.807) is 7.11 Å². The summed E-state index contributed by atoms with van der Waals surface area (Å²) in [6.45, 7) is 9.65. The summed E-state index contributed by atoms with van der Waals surface area (Å²) in [5, 5.41) is 0. The Labute approximate surface area is 239 Å². The third kappa shape index (κ3) is 11.1. The predicted octanol–water partition coefficient (Wildman–Crippen LogP) is 5.05. The molecule has 0 N–H and O–H groups in total. The number of esters is 2. The van der Waals surface area contributed by atoms with E-state index in [2.05, 4.69) is 19.9 Å². The first kappa shape index (κ1) is 34.9. The highest BCUT2D eigenvalue weighted by Crippen LogP contribution is 2.34. The molecular weight excluding hydrogens is 536 g/mol. The second kappa shape index (κ2) is 16.7. The molecule has 2 aromatic rings. The van der Waals surface area contributed by atoms with Crippen LogP contribution in [0.25, 0.3) is 0 Å². The van der Waals surface area contributed by atoms with Crippen LogP contribution < -0.4 is 9.47 Å². The highest BCUT2D eigenvalue weighted by Gasteiger charge is 2.24. The number of hydrogen-bond acceptors (Lipinski definition) is 7. The summed E-state index contributed by atoms with van der Waals surface area (Å²) in [5.41, 5.74) is 2.94. The second-order valence-corrected chi connectivity index (χ2v) is 9.13. The average molecular weight is 575 g/mol. The molecule has 0 spiro atoms. The number of carbonyl (C=O) groups is 2. The summed E-state index contributed by atoms with van der Waals surface area (Å²) < 4.78 is 27.1. The largest absolute Gasteiger partial charge is 0.490 e. The Morgan fingerprint density at radius 3 is 1.89 bits per heavy atom. The SMILES string of the molecule is COC[C@@H](COc1ccc(C(C)(C)c2ccc(OC[C@@H](CCl)OC(C)=O)c(C)c2)cc1)OC(C)=O.S.S. The summed E-state index contributed by atoms with van der Waals surface area (Å²) in [7, 11) is 1.55. The van der Waals surface area contributed by atoms with Gasteiger partial charge in [0, 0.05) is 26.4 Å². The van der Waals surface area contributed by atoms with Gasteiger partial charge in [0.1, 0.15) is 30.8 Å². The summed E-state index contributed by atoms with van der Waals surface area (Å²) >= 11 is 5.86. The fourth-order valence-electron chi connectivity index (χ4n) is 3.59. The third-order valence-corrected chi connectivity index (χ3v) is 5.87. The van der Waals surface area contributed by atoms with Crippen molar-refractivity contribution < 1.29 is 33.3 Å². The Balaban J connectivity index is 0.00000648. The molecule has 0 unspecified atom stereocenters. The van der Waals surface area contributed by atoms with Gasteiger partial charge in [0.05, 0.1) is 12.5 Å². The third-order valence-electron chi connectivity index (χ3n) is 5.52. The van der Waals surface area contributed by atoms with E-state index in [0.717, 1.165) is 16.7 Å². The summed E-state index contributed by atoms with van der Waals surface area (Å²) in [6.07, 6.45) is -0.963. The van der Waals surface area contributed by atoms with E-state index in [4.69, 9.17) is 35.3 Å². The Morgan fingerprint density at radius 2 is 1.38 bits per heavy atom. The number of benzene rings is 2. The molecule has 0 heterocycles. The Bertz CT molecular complexity index is 983. The van der Waals surface area contributed by atoms with Gasteiger partial charge in [-0.1, -0.05) is 38.1 Å². The smallest absolute Gasteiger partial charge is 0.303 e. The lowest BCUT2D eigenvalue weighted by molar-refractivity contribution is -0.150. The highest BCUT2D eigenvalue weighted by atomic mass is 35.5. The van der Waals surface area contributed by atoms with Crippen LogP contribution >= 0.6 is 38.6 Å². The quantitative estimate of drug-likeness (QED) is 0.244. The number of methoxy groups -OCH3 is 1. The van der Waals surface area contributed by atoms with Crippen molar-refractivity contribution >= 4 is 50.5 Å². The van der Waals surface area contributed by atoms with Crippen LogP contribution in [-0.4, -0.2) is 57.0 Å². The van der Waals surface area contributed by atoms with Crippen molar-refractivity contribution in [2.45, 2.75) is 52.2 Å². The first-order chi connectivity index (χ1) is 16.6. The Hall–Kier alpha value is -2.07. The number of halogens is 1. The fraction of sp³-hybridized carbons (Fsp3) is 0.481. The van der Waals surface area contributed by atoms with Crippen molar-refractivity contribution in [1.82, 2.24) is 0 Å². The molecule has 0 aliphatic heterocycles. The lowest BCUT2D eigenvalue weighted by Crippen LogP contribution is -2.28. The molecule has 10 heteroatoms. The molecule has 2 aromatic carbocycles. The first-order valence-corrected chi connectivity index (χ1v) is 12.0. The molecule has 0 amide bonds. The molecule has 7 nitrogen and oxygen atoms in total. The molecule has 37 heavy (non-hydrogen) atoms. The minimum absolute atomic E-state index is 0. The maximum absolute atomic E-state index is 11.2. The number of alkyl halides is 1. The average Bonchev–Trinajstić information content (AvgIpc) is 2.80. The van der Waals surface area contributed by atoms with Crippen molar-refractivity contribution in [3.8, 4) is 11.5 Å². The van der Waals surface area contributed by atoms with E-state index in [-0.39, 0.29) is 70.0 Å². The number of carbonyl (C=O) groups excluding carboxylic acids is 2. The summed E-state index contributed by atoms with van der Waals surface area (Å²) in [6, 6.07) is 13.9. The van der Waals surface area contributed by atoms with Crippen LogP contribution in [0.3, 0.4) is 0 Å². The van der Waals surface area contributed by atoms with E-state index in [0.29, 0.717) is 11.5 Å². The molecule has 2 rings (SSSR count). The van der Waals surface area contributed by atoms with E-state index in [1.165, 1.54) is 13.8 Å². The molecule has 2 atom stereocenters. The number of aryl methyl sites for hydroxylation is 1. The molecule has 0 saturated carbocycles. The van der Waals surface area contributed by atoms with Crippen LogP contribution in [0.1, 0.15) is 44.4 Å². The van der Waals surface area contributed by atoms with Gasteiger partial charge < -0.3 is 23.7 Å². The van der Waals surface area contributed by atoms with Crippen molar-refractivity contribution in [2.24, 2.45) is 0 Å². The maximum atomic E-state index is 11.2. The zero-order valence-electron chi connectivity index (χ0n) is 22.3. The van der Waals surface area contributed by atoms with Crippen LogP contribution in [0.4, 0.5) is 0 Å². The van der Waals surface area contributed by atoms with Gasteiger partial charge >= 0.3 is 11.9 Å². The van der Waals surface area contributed by atoms with Crippen molar-refractivity contribution in [2.75, 3.05) is 32.8 Å². The Morgan fingerprint density at radius 1 is 0.838 bits per heavy atom. The molecule has 0 fully saturated rings. The standard InChI is InChI=1S/C27H35ClO7.2H2S/c1-18-13-22(9-12-26(18)33-16-24(14-28)34-19(2)29)27(4,5)21-7-10-23(11-8-21)32-17-25(15-31-6)35-20(3)30;;/h7-13,24-25H,14-17H2,1-6H3;2*1H2/t24-,25+;;/m1../s1. The highest BCUT2D eigenvalue weighted by molar-refractivity contribution is 7.59. The van der Waals surface area contributed by atoms with Gasteiger partial charge in [0.25, 0.3) is 0 Å². The van der Waals surface area contributed by atoms with Gasteiger partial charge in [-0.3, -0.25) is 9.59 Å². The van der Waals surface area contributed by atoms with E-state index >= 15 is 0 Å². The van der Waals surface area contributed by atoms with Crippen molar-refractivity contribution in [1.29, 1.82) is 0 Å². The van der Waals surface area contributed by atoms with Crippen LogP contribution in [0.5, 0.6) is 11.5 Å². The van der Waals surface area contributed by atoms with Gasteiger partial charge in [-0.25, -0.2) is 0 Å². The number of hydrogen-bond donors (Lipinski definition) is 0. The molecule has 0 radical (unpaired) electrons. The van der Waals surface area contributed by atoms with E-state index in [1.807, 2.05) is 43.3 Å². The molecular formula is C27H39ClO7S2. The van der Waals surface area contributed by atoms with Gasteiger partial charge in [-0.2, -0.15) is 27.0 Å². The zero-order chi connectivity index (χ0) is 26.0. The monoisotopic (exact) mass is 574 g/mol. The van der Waals surface area contributed by atoms with E-state index < -0.39 is 12.2 Å². The van der Waals surface area contributed by atoms with Crippen LogP contribution in [0.15, 0.2) is 42.5 Å². The molecule has 0 bridgehead atoms. The number of rotatable bonds is 13. The summed E-state index contributed by atoms with van der Waals surface area (Å²) in [5.74, 6) is 0.806. The topological polar surface area (TPSA) is 80.3 Å². The second-order valence-electron chi connectivity index (χ2n) is 8.82. The number of ether oxygens (including phenoxy) is 5. The zero-order valence-corrected chi connectivity index (χ0v) is 25.0. The normalized spacial score (nSPS) is 12.3. The van der Waals surface area contributed by atoms with Crippen molar-refractivity contribution in [3.05, 3.63) is 59.2 Å². The molecule has 0 aliphatic rings. The van der Waals surface area contributed by atoms with Gasteiger partial charge in [0.2, 0.25) is 0 Å². The summed E-state index contributed by atoms with van der Waals surface area (Å²) in [4.78, 5) is 22.4. The lowest BCUT2D eigenvalue weighted by atomic mass is 9.77. The molecule has 0 aromatic heterocycles. The van der Waals surface area contributed by atoms with E-state index in [9.17, 15) is 9.59 Å². The van der Waals surface area contributed by atoms with Gasteiger partial charge in [0.15, 0.2) is 6.10 Å². The predicted molar refractivity (Wildman–Crippen MR) is 155 cm³/mol. The first-order valence-electron chi connectivity index (χ1n) is 11.4. The van der Waals surface area contributed by atoms with Crippen molar-refractivity contribution in [3.63, 3.8) is 0 Å². The maximum Gasteiger partial charge on any atom is 0.303 e. The fourth-order valence-corrected chi connectivity index (χ4v) is 3.74. The molecule has 0 aliphatic carbocycles. The van der Waals surface area contributed by atoms with Gasteiger partial charge in [-0.15, -0.1) is 11.6 Å². The van der Waals surface area contributed by atoms with Crippen LogP contribution in [-0.2, 0) is 29.2 Å². The van der Waals surface area contributed by atoms with Gasteiger partial charge in [-0.05, 0) is 41.8 Å². The minimum Gasteiger partial charge on any atom is -0.490 e.